The van der Waals surface area contributed by atoms with E-state index in [1.807, 2.05) is 27.8 Å². The summed E-state index contributed by atoms with van der Waals surface area (Å²) in [6.07, 6.45) is 5.18. The molecular weight excluding hydrogens is 338 g/mol. The van der Waals surface area contributed by atoms with Crippen LogP contribution in [-0.4, -0.2) is 70.8 Å². The molecule has 27 heavy (non-hydrogen) atoms. The second kappa shape index (κ2) is 7.09. The Balaban J connectivity index is 1.37. The summed E-state index contributed by atoms with van der Waals surface area (Å²) in [5.74, 6) is 0.634. The molecule has 6 nitrogen and oxygen atoms in total. The molecule has 6 heteroatoms. The number of amides is 1. The quantitative estimate of drug-likeness (QED) is 0.899. The Morgan fingerprint density at radius 3 is 2.56 bits per heavy atom. The van der Waals surface area contributed by atoms with Gasteiger partial charge in [0.1, 0.15) is 0 Å². The zero-order valence-corrected chi connectivity index (χ0v) is 15.7. The molecule has 3 heterocycles. The van der Waals surface area contributed by atoms with Gasteiger partial charge in [-0.15, -0.1) is 0 Å². The largest absolute Gasteiger partial charge is 0.337 e. The highest BCUT2D eigenvalue weighted by atomic mass is 16.2. The maximum absolute atomic E-state index is 13.3. The van der Waals surface area contributed by atoms with Gasteiger partial charge < -0.3 is 10.2 Å². The molecule has 0 spiro atoms. The topological polar surface area (TPSA) is 53.4 Å². The van der Waals surface area contributed by atoms with E-state index in [0.29, 0.717) is 12.0 Å². The summed E-state index contributed by atoms with van der Waals surface area (Å²) in [7, 11) is 0. The van der Waals surface area contributed by atoms with Gasteiger partial charge in [0.2, 0.25) is 0 Å². The van der Waals surface area contributed by atoms with Crippen LogP contribution in [-0.2, 0) is 0 Å². The molecule has 1 saturated carbocycles. The molecule has 2 saturated heterocycles. The Hall–Kier alpha value is -2.18. The van der Waals surface area contributed by atoms with Crippen LogP contribution in [0.1, 0.15) is 41.2 Å². The summed E-state index contributed by atoms with van der Waals surface area (Å²) in [5.41, 5.74) is 2.96. The fourth-order valence-electron chi connectivity index (χ4n) is 4.49. The van der Waals surface area contributed by atoms with E-state index in [-0.39, 0.29) is 5.91 Å². The number of hydrogen-bond donors (Lipinski definition) is 1. The molecule has 1 unspecified atom stereocenters. The minimum atomic E-state index is 0.164. The van der Waals surface area contributed by atoms with Crippen LogP contribution < -0.4 is 5.32 Å². The van der Waals surface area contributed by atoms with Crippen molar-refractivity contribution in [3.8, 4) is 5.69 Å². The van der Waals surface area contributed by atoms with Crippen LogP contribution in [0.5, 0.6) is 0 Å². The number of nitrogens with zero attached hydrogens (tertiary/aromatic N) is 4. The zero-order chi connectivity index (χ0) is 18.2. The van der Waals surface area contributed by atoms with Crippen molar-refractivity contribution in [3.63, 3.8) is 0 Å². The van der Waals surface area contributed by atoms with E-state index in [0.717, 1.165) is 75.5 Å². The number of para-hydroxylation sites is 1. The van der Waals surface area contributed by atoms with E-state index in [4.69, 9.17) is 0 Å². The summed E-state index contributed by atoms with van der Waals surface area (Å²) < 4.78 is 1.98. The molecule has 1 aromatic heterocycles. The Labute approximate surface area is 160 Å². The molecule has 1 N–H and O–H groups in total. The van der Waals surface area contributed by atoms with Crippen molar-refractivity contribution in [1.82, 2.24) is 24.9 Å². The number of piperazine rings is 1. The molecule has 1 aliphatic carbocycles. The van der Waals surface area contributed by atoms with Crippen LogP contribution in [0.2, 0.25) is 0 Å². The minimum absolute atomic E-state index is 0.164. The van der Waals surface area contributed by atoms with Gasteiger partial charge >= 0.3 is 0 Å². The standard InChI is InChI=1S/C21H27N5O/c27-21(25-11-8-18(15-25)24-12-9-22-10-13-24)19-14-23-26(20(19)16-6-7-16)17-4-2-1-3-5-17/h1-5,14,16,18,22H,6-13,15H2. The SMILES string of the molecule is O=C(c1cnn(-c2ccccc2)c1C1CC1)N1CCC(N2CCNCC2)C1. The first-order valence-corrected chi connectivity index (χ1v) is 10.2. The number of rotatable bonds is 4. The van der Waals surface area contributed by atoms with E-state index in [2.05, 4.69) is 27.4 Å². The Morgan fingerprint density at radius 2 is 1.81 bits per heavy atom. The second-order valence-corrected chi connectivity index (χ2v) is 7.94. The monoisotopic (exact) mass is 365 g/mol. The molecule has 1 amide bonds. The van der Waals surface area contributed by atoms with E-state index in [1.54, 1.807) is 6.20 Å². The van der Waals surface area contributed by atoms with E-state index in [1.165, 1.54) is 0 Å². The summed E-state index contributed by atoms with van der Waals surface area (Å²) in [5, 5.41) is 8.01. The van der Waals surface area contributed by atoms with Crippen molar-refractivity contribution in [2.75, 3.05) is 39.3 Å². The maximum Gasteiger partial charge on any atom is 0.257 e. The third kappa shape index (κ3) is 3.28. The van der Waals surface area contributed by atoms with Gasteiger partial charge in [-0.05, 0) is 31.4 Å². The molecule has 3 fully saturated rings. The van der Waals surface area contributed by atoms with Gasteiger partial charge in [0.25, 0.3) is 5.91 Å². The number of likely N-dealkylation sites (tertiary alicyclic amines) is 1. The molecule has 0 bridgehead atoms. The highest BCUT2D eigenvalue weighted by molar-refractivity contribution is 5.95. The first-order valence-electron chi connectivity index (χ1n) is 10.2. The average molecular weight is 365 g/mol. The Bertz CT molecular complexity index is 807. The number of benzene rings is 1. The molecule has 1 atom stereocenters. The first kappa shape index (κ1) is 17.0. The lowest BCUT2D eigenvalue weighted by Crippen LogP contribution is -2.49. The van der Waals surface area contributed by atoms with E-state index >= 15 is 0 Å². The van der Waals surface area contributed by atoms with Crippen LogP contribution in [0.4, 0.5) is 0 Å². The van der Waals surface area contributed by atoms with Gasteiger partial charge in [0.15, 0.2) is 0 Å². The minimum Gasteiger partial charge on any atom is -0.337 e. The average Bonchev–Trinajstić information content (AvgIpc) is 3.28. The first-order chi connectivity index (χ1) is 13.3. The Morgan fingerprint density at radius 1 is 1.04 bits per heavy atom. The predicted molar refractivity (Wildman–Crippen MR) is 104 cm³/mol. The summed E-state index contributed by atoms with van der Waals surface area (Å²) in [6, 6.07) is 10.7. The van der Waals surface area contributed by atoms with Crippen molar-refractivity contribution < 1.29 is 4.79 Å². The molecule has 1 aromatic carbocycles. The fourth-order valence-corrected chi connectivity index (χ4v) is 4.49. The Kier molecular flexibility index (Phi) is 4.45. The third-order valence-electron chi connectivity index (χ3n) is 6.12. The number of nitrogens with one attached hydrogen (secondary N) is 1. The molecule has 3 aliphatic rings. The van der Waals surface area contributed by atoms with Gasteiger partial charge in [-0.25, -0.2) is 4.68 Å². The fraction of sp³-hybridized carbons (Fsp3) is 0.524. The number of carbonyl (C=O) groups is 1. The molecule has 142 valence electrons. The van der Waals surface area contributed by atoms with E-state index in [9.17, 15) is 4.79 Å². The van der Waals surface area contributed by atoms with Gasteiger partial charge in [0.05, 0.1) is 23.1 Å². The van der Waals surface area contributed by atoms with Crippen LogP contribution in [0, 0.1) is 0 Å². The van der Waals surface area contributed by atoms with Crippen LogP contribution in [0.25, 0.3) is 5.69 Å². The molecule has 2 aliphatic heterocycles. The number of aromatic nitrogens is 2. The van der Waals surface area contributed by atoms with Gasteiger partial charge in [-0.2, -0.15) is 5.10 Å². The van der Waals surface area contributed by atoms with Crippen LogP contribution in [0.3, 0.4) is 0 Å². The summed E-state index contributed by atoms with van der Waals surface area (Å²) in [4.78, 5) is 17.9. The highest BCUT2D eigenvalue weighted by Crippen LogP contribution is 2.42. The van der Waals surface area contributed by atoms with Gasteiger partial charge in [0, 0.05) is 51.2 Å². The van der Waals surface area contributed by atoms with Crippen molar-refractivity contribution in [2.24, 2.45) is 0 Å². The maximum atomic E-state index is 13.3. The lowest BCUT2D eigenvalue weighted by atomic mass is 10.1. The molecular formula is C21H27N5O. The van der Waals surface area contributed by atoms with Crippen molar-refractivity contribution in [1.29, 1.82) is 0 Å². The van der Waals surface area contributed by atoms with Crippen molar-refractivity contribution >= 4 is 5.91 Å². The molecule has 0 radical (unpaired) electrons. The molecule has 2 aromatic rings. The zero-order valence-electron chi connectivity index (χ0n) is 15.7. The van der Waals surface area contributed by atoms with Gasteiger partial charge in [-0.1, -0.05) is 18.2 Å². The number of carbonyl (C=O) groups excluding carboxylic acids is 1. The highest BCUT2D eigenvalue weighted by Gasteiger charge is 2.37. The summed E-state index contributed by atoms with van der Waals surface area (Å²) >= 11 is 0. The lowest BCUT2D eigenvalue weighted by molar-refractivity contribution is 0.0772. The summed E-state index contributed by atoms with van der Waals surface area (Å²) in [6.45, 7) is 5.99. The predicted octanol–water partition coefficient (Wildman–Crippen LogP) is 1.87. The normalized spacial score (nSPS) is 23.7. The van der Waals surface area contributed by atoms with Crippen molar-refractivity contribution in [3.05, 3.63) is 47.8 Å². The number of hydrogen-bond acceptors (Lipinski definition) is 4. The van der Waals surface area contributed by atoms with E-state index < -0.39 is 0 Å². The molecule has 5 rings (SSSR count). The smallest absolute Gasteiger partial charge is 0.257 e. The van der Waals surface area contributed by atoms with Crippen LogP contribution >= 0.6 is 0 Å². The van der Waals surface area contributed by atoms with Gasteiger partial charge in [-0.3, -0.25) is 9.69 Å². The second-order valence-electron chi connectivity index (χ2n) is 7.94. The third-order valence-corrected chi connectivity index (χ3v) is 6.12. The van der Waals surface area contributed by atoms with Crippen molar-refractivity contribution in [2.45, 2.75) is 31.2 Å². The lowest BCUT2D eigenvalue weighted by Gasteiger charge is -2.32. The van der Waals surface area contributed by atoms with Crippen LogP contribution in [0.15, 0.2) is 36.5 Å².